The predicted molar refractivity (Wildman–Crippen MR) is 96.2 cm³/mol. The van der Waals surface area contributed by atoms with Crippen LogP contribution in [0.5, 0.6) is 0 Å². The molecule has 118 valence electrons. The van der Waals surface area contributed by atoms with Crippen molar-refractivity contribution in [3.63, 3.8) is 0 Å². The molecule has 0 saturated carbocycles. The molecule has 0 saturated heterocycles. The molecule has 0 bridgehead atoms. The Morgan fingerprint density at radius 3 is 1.17 bits per heavy atom. The van der Waals surface area contributed by atoms with Crippen molar-refractivity contribution in [1.29, 1.82) is 0 Å². The van der Waals surface area contributed by atoms with Crippen LogP contribution in [0, 0.1) is 10.4 Å². The Morgan fingerprint density at radius 2 is 0.833 bits per heavy atom. The van der Waals surface area contributed by atoms with E-state index in [0.717, 1.165) is 20.6 Å². The first-order chi connectivity index (χ1) is 11.7. The van der Waals surface area contributed by atoms with E-state index in [2.05, 4.69) is 0 Å². The Hall–Kier alpha value is -3.40. The Bertz CT molecular complexity index is 781. The predicted octanol–water partition coefficient (Wildman–Crippen LogP) is 4.21. The first-order valence-electron chi connectivity index (χ1n) is 7.55. The number of nitrogens with zero attached hydrogens (tertiary/aromatic N) is 2. The van der Waals surface area contributed by atoms with Crippen molar-refractivity contribution in [2.45, 2.75) is 0 Å². The molecule has 3 aromatic rings. The van der Waals surface area contributed by atoms with Crippen LogP contribution < -0.4 is 0 Å². The van der Waals surface area contributed by atoms with E-state index in [0.29, 0.717) is 11.4 Å². The summed E-state index contributed by atoms with van der Waals surface area (Å²) in [6, 6.07) is 25.2. The topological polar surface area (TPSA) is 52.1 Å². The zero-order chi connectivity index (χ0) is 16.8. The quantitative estimate of drug-likeness (QED) is 0.313. The third kappa shape index (κ3) is 3.87. The van der Waals surface area contributed by atoms with Gasteiger partial charge in [-0.1, -0.05) is 36.4 Å². The minimum absolute atomic E-state index is 0.572. The second kappa shape index (κ2) is 7.24. The highest BCUT2D eigenvalue weighted by Crippen LogP contribution is 2.11. The summed E-state index contributed by atoms with van der Waals surface area (Å²) in [4.78, 5) is 0. The molecular weight excluding hydrogens is 300 g/mol. The van der Waals surface area contributed by atoms with E-state index in [4.69, 9.17) is 0 Å². The van der Waals surface area contributed by atoms with Gasteiger partial charge in [0.25, 0.3) is 0 Å². The molecular formula is C20H16N2O2. The Morgan fingerprint density at radius 1 is 0.500 bits per heavy atom. The number of hydrogen-bond acceptors (Lipinski definition) is 2. The molecule has 24 heavy (non-hydrogen) atoms. The number of benzene rings is 3. The number of hydrogen-bond donors (Lipinski definition) is 0. The van der Waals surface area contributed by atoms with Gasteiger partial charge in [0.05, 0.1) is 0 Å². The van der Waals surface area contributed by atoms with Gasteiger partial charge in [0.15, 0.2) is 12.4 Å². The molecule has 0 spiro atoms. The maximum Gasteiger partial charge on any atom is 0.216 e. The van der Waals surface area contributed by atoms with E-state index in [1.54, 1.807) is 48.5 Å². The molecule has 0 aliphatic rings. The molecule has 0 aliphatic carbocycles. The standard InChI is InChI=1S/C20H16N2O2/c23-21(19-7-3-1-4-8-19)15-17-11-13-18(14-12-17)16-22(24)20-9-5-2-6-10-20/h1-16H/b21-15-,22-16+. The summed E-state index contributed by atoms with van der Waals surface area (Å²) in [5.41, 5.74) is 2.68. The average molecular weight is 316 g/mol. The van der Waals surface area contributed by atoms with Crippen LogP contribution in [0.15, 0.2) is 84.9 Å². The summed E-state index contributed by atoms with van der Waals surface area (Å²) in [7, 11) is 0. The lowest BCUT2D eigenvalue weighted by Gasteiger charge is -2.03. The summed E-state index contributed by atoms with van der Waals surface area (Å²) in [5, 5.41) is 24.1. The number of rotatable bonds is 4. The lowest BCUT2D eigenvalue weighted by Crippen LogP contribution is -2.00. The van der Waals surface area contributed by atoms with Gasteiger partial charge < -0.3 is 10.4 Å². The van der Waals surface area contributed by atoms with E-state index >= 15 is 0 Å². The van der Waals surface area contributed by atoms with Crippen molar-refractivity contribution in [3.05, 3.63) is 106 Å². The van der Waals surface area contributed by atoms with Crippen LogP contribution in [0.2, 0.25) is 0 Å². The van der Waals surface area contributed by atoms with Gasteiger partial charge in [-0.25, -0.2) is 0 Å². The Labute approximate surface area is 140 Å². The normalized spacial score (nSPS) is 12.2. The highest BCUT2D eigenvalue weighted by atomic mass is 16.5. The maximum absolute atomic E-state index is 12.1. The lowest BCUT2D eigenvalue weighted by molar-refractivity contribution is -0.354. The molecule has 0 aromatic heterocycles. The molecule has 0 heterocycles. The second-order valence-corrected chi connectivity index (χ2v) is 5.25. The summed E-state index contributed by atoms with van der Waals surface area (Å²) in [6.07, 6.45) is 3.01. The third-order valence-electron chi connectivity index (χ3n) is 3.49. The molecule has 0 atom stereocenters. The molecule has 0 aliphatic heterocycles. The number of para-hydroxylation sites is 2. The van der Waals surface area contributed by atoms with Crippen LogP contribution in [0.4, 0.5) is 11.4 Å². The van der Waals surface area contributed by atoms with Crippen molar-refractivity contribution in [3.8, 4) is 0 Å². The maximum atomic E-state index is 12.1. The van der Waals surface area contributed by atoms with Gasteiger partial charge in [-0.15, -0.1) is 0 Å². The minimum Gasteiger partial charge on any atom is -0.618 e. The SMILES string of the molecule is [O-]/[N+](=C\c1ccc(/C=[N+](/[O-])c2ccccc2)cc1)c1ccccc1. The summed E-state index contributed by atoms with van der Waals surface area (Å²) in [5.74, 6) is 0. The lowest BCUT2D eigenvalue weighted by atomic mass is 10.1. The largest absolute Gasteiger partial charge is 0.618 e. The van der Waals surface area contributed by atoms with E-state index in [1.807, 2.05) is 36.4 Å². The minimum atomic E-state index is 0.572. The van der Waals surface area contributed by atoms with Gasteiger partial charge in [0.2, 0.25) is 11.4 Å². The first kappa shape index (κ1) is 15.5. The Kier molecular flexibility index (Phi) is 4.68. The van der Waals surface area contributed by atoms with Gasteiger partial charge in [0, 0.05) is 35.4 Å². The van der Waals surface area contributed by atoms with Crippen LogP contribution in [0.3, 0.4) is 0 Å². The zero-order valence-corrected chi connectivity index (χ0v) is 12.9. The van der Waals surface area contributed by atoms with Gasteiger partial charge >= 0.3 is 0 Å². The highest BCUT2D eigenvalue weighted by Gasteiger charge is 2.03. The Balaban J connectivity index is 1.79. The molecule has 0 unspecified atom stereocenters. The van der Waals surface area contributed by atoms with E-state index in [1.165, 1.54) is 12.4 Å². The van der Waals surface area contributed by atoms with Crippen LogP contribution in [-0.2, 0) is 0 Å². The van der Waals surface area contributed by atoms with E-state index < -0.39 is 0 Å². The second-order valence-electron chi connectivity index (χ2n) is 5.25. The van der Waals surface area contributed by atoms with Crippen LogP contribution in [0.1, 0.15) is 11.1 Å². The van der Waals surface area contributed by atoms with Crippen LogP contribution in [0.25, 0.3) is 0 Å². The monoisotopic (exact) mass is 316 g/mol. The molecule has 0 amide bonds. The van der Waals surface area contributed by atoms with Crippen molar-refractivity contribution in [2.75, 3.05) is 0 Å². The fraction of sp³-hybridized carbons (Fsp3) is 0. The molecule has 0 N–H and O–H groups in total. The molecule has 0 fully saturated rings. The van der Waals surface area contributed by atoms with E-state index in [-0.39, 0.29) is 0 Å². The van der Waals surface area contributed by atoms with E-state index in [9.17, 15) is 10.4 Å². The molecule has 4 heteroatoms. The van der Waals surface area contributed by atoms with Gasteiger partial charge in [-0.2, -0.15) is 9.48 Å². The zero-order valence-electron chi connectivity index (χ0n) is 12.9. The third-order valence-corrected chi connectivity index (χ3v) is 3.49. The summed E-state index contributed by atoms with van der Waals surface area (Å²) < 4.78 is 1.64. The summed E-state index contributed by atoms with van der Waals surface area (Å²) >= 11 is 0. The molecule has 0 radical (unpaired) electrons. The summed E-state index contributed by atoms with van der Waals surface area (Å²) in [6.45, 7) is 0. The van der Waals surface area contributed by atoms with Gasteiger partial charge in [-0.3, -0.25) is 0 Å². The van der Waals surface area contributed by atoms with Crippen molar-refractivity contribution in [2.24, 2.45) is 0 Å². The van der Waals surface area contributed by atoms with Crippen molar-refractivity contribution < 1.29 is 9.48 Å². The van der Waals surface area contributed by atoms with Crippen molar-refractivity contribution in [1.82, 2.24) is 0 Å². The highest BCUT2D eigenvalue weighted by molar-refractivity contribution is 5.81. The van der Waals surface area contributed by atoms with Gasteiger partial charge in [0.1, 0.15) is 0 Å². The van der Waals surface area contributed by atoms with Gasteiger partial charge in [-0.05, 0) is 24.3 Å². The first-order valence-corrected chi connectivity index (χ1v) is 7.55. The molecule has 4 nitrogen and oxygen atoms in total. The fourth-order valence-corrected chi connectivity index (χ4v) is 2.24. The smallest absolute Gasteiger partial charge is 0.216 e. The van der Waals surface area contributed by atoms with Crippen molar-refractivity contribution >= 4 is 23.8 Å². The fourth-order valence-electron chi connectivity index (χ4n) is 2.24. The van der Waals surface area contributed by atoms with Crippen LogP contribution >= 0.6 is 0 Å². The average Bonchev–Trinajstić information content (AvgIpc) is 2.65. The van der Waals surface area contributed by atoms with Crippen LogP contribution in [-0.4, -0.2) is 21.9 Å². The molecule has 3 rings (SSSR count). The molecule has 3 aromatic carbocycles.